The van der Waals surface area contributed by atoms with Gasteiger partial charge in [0.25, 0.3) is 5.91 Å². The van der Waals surface area contributed by atoms with Crippen molar-refractivity contribution in [3.8, 4) is 11.8 Å². The molecule has 2 aromatic rings. The predicted molar refractivity (Wildman–Crippen MR) is 84.9 cm³/mol. The standard InChI is InChI=1S/C16H17ClN4O/c1-3-20(11-12(2)10-18)16(22)14-8-9-21(19-14)15-7-5-4-6-13(15)17/h4-9,12H,3,11H2,1-2H3. The molecule has 0 saturated heterocycles. The summed E-state index contributed by atoms with van der Waals surface area (Å²) in [5.74, 6) is -0.398. The molecule has 0 saturated carbocycles. The van der Waals surface area contributed by atoms with Crippen LogP contribution in [-0.4, -0.2) is 33.7 Å². The molecule has 1 aromatic carbocycles. The molecule has 0 aliphatic heterocycles. The zero-order valence-electron chi connectivity index (χ0n) is 12.5. The van der Waals surface area contributed by atoms with Gasteiger partial charge < -0.3 is 4.90 Å². The first-order chi connectivity index (χ1) is 10.6. The van der Waals surface area contributed by atoms with Gasteiger partial charge in [0.15, 0.2) is 5.69 Å². The SMILES string of the molecule is CCN(CC(C)C#N)C(=O)c1ccn(-c2ccccc2Cl)n1. The van der Waals surface area contributed by atoms with Gasteiger partial charge >= 0.3 is 0 Å². The number of para-hydroxylation sites is 1. The average Bonchev–Trinajstić information content (AvgIpc) is 3.01. The molecule has 0 aliphatic rings. The second-order valence-corrected chi connectivity index (χ2v) is 5.38. The predicted octanol–water partition coefficient (Wildman–Crippen LogP) is 3.15. The summed E-state index contributed by atoms with van der Waals surface area (Å²) in [4.78, 5) is 14.1. The lowest BCUT2D eigenvalue weighted by Crippen LogP contribution is -2.34. The molecule has 0 spiro atoms. The van der Waals surface area contributed by atoms with Crippen LogP contribution >= 0.6 is 11.6 Å². The molecule has 2 rings (SSSR count). The Hall–Kier alpha value is -2.32. The third kappa shape index (κ3) is 3.46. The highest BCUT2D eigenvalue weighted by molar-refractivity contribution is 6.32. The minimum Gasteiger partial charge on any atom is -0.336 e. The number of hydrogen-bond acceptors (Lipinski definition) is 3. The Labute approximate surface area is 134 Å². The zero-order valence-corrected chi connectivity index (χ0v) is 13.3. The highest BCUT2D eigenvalue weighted by atomic mass is 35.5. The summed E-state index contributed by atoms with van der Waals surface area (Å²) in [5.41, 5.74) is 1.06. The van der Waals surface area contributed by atoms with Crippen molar-refractivity contribution in [3.05, 3.63) is 47.2 Å². The van der Waals surface area contributed by atoms with E-state index in [0.717, 1.165) is 5.69 Å². The van der Waals surface area contributed by atoms with E-state index >= 15 is 0 Å². The second-order valence-electron chi connectivity index (χ2n) is 4.97. The molecular formula is C16H17ClN4O. The van der Waals surface area contributed by atoms with Crippen molar-refractivity contribution in [2.24, 2.45) is 5.92 Å². The van der Waals surface area contributed by atoms with Gasteiger partial charge in [0.05, 0.1) is 22.7 Å². The largest absolute Gasteiger partial charge is 0.336 e. The summed E-state index contributed by atoms with van der Waals surface area (Å²) >= 11 is 6.13. The van der Waals surface area contributed by atoms with Crippen molar-refractivity contribution in [1.29, 1.82) is 5.26 Å². The van der Waals surface area contributed by atoms with Gasteiger partial charge in [-0.1, -0.05) is 23.7 Å². The Morgan fingerprint density at radius 1 is 1.45 bits per heavy atom. The molecule has 1 heterocycles. The quantitative estimate of drug-likeness (QED) is 0.851. The number of carbonyl (C=O) groups excluding carboxylic acids is 1. The Kier molecular flexibility index (Phi) is 5.18. The Morgan fingerprint density at radius 2 is 2.18 bits per heavy atom. The van der Waals surface area contributed by atoms with Gasteiger partial charge in [0.1, 0.15) is 0 Å². The lowest BCUT2D eigenvalue weighted by molar-refractivity contribution is 0.0746. The molecule has 0 fully saturated rings. The molecular weight excluding hydrogens is 300 g/mol. The number of nitriles is 1. The lowest BCUT2D eigenvalue weighted by Gasteiger charge is -2.20. The number of hydrogen-bond donors (Lipinski definition) is 0. The third-order valence-electron chi connectivity index (χ3n) is 3.29. The fourth-order valence-electron chi connectivity index (χ4n) is 2.10. The summed E-state index contributed by atoms with van der Waals surface area (Å²) in [5, 5.41) is 13.8. The number of benzene rings is 1. The highest BCUT2D eigenvalue weighted by Crippen LogP contribution is 2.19. The second kappa shape index (κ2) is 7.10. The molecule has 1 atom stereocenters. The van der Waals surface area contributed by atoms with Crippen LogP contribution < -0.4 is 0 Å². The van der Waals surface area contributed by atoms with Gasteiger partial charge in [-0.15, -0.1) is 0 Å². The molecule has 0 radical (unpaired) electrons. The molecule has 6 heteroatoms. The van der Waals surface area contributed by atoms with Gasteiger partial charge in [0.2, 0.25) is 0 Å². The molecule has 1 unspecified atom stereocenters. The Bertz CT molecular complexity index is 704. The molecule has 1 amide bonds. The van der Waals surface area contributed by atoms with E-state index in [-0.39, 0.29) is 11.8 Å². The van der Waals surface area contributed by atoms with Crippen LogP contribution in [0.1, 0.15) is 24.3 Å². The molecule has 5 nitrogen and oxygen atoms in total. The number of nitrogens with zero attached hydrogens (tertiary/aromatic N) is 4. The summed E-state index contributed by atoms with van der Waals surface area (Å²) < 4.78 is 1.58. The Morgan fingerprint density at radius 3 is 2.82 bits per heavy atom. The van der Waals surface area contributed by atoms with Crippen molar-refractivity contribution in [1.82, 2.24) is 14.7 Å². The van der Waals surface area contributed by atoms with Gasteiger partial charge in [-0.3, -0.25) is 4.79 Å². The average molecular weight is 317 g/mol. The van der Waals surface area contributed by atoms with Crippen molar-refractivity contribution < 1.29 is 4.79 Å². The number of amides is 1. The molecule has 0 N–H and O–H groups in total. The smallest absolute Gasteiger partial charge is 0.274 e. The fourth-order valence-corrected chi connectivity index (χ4v) is 2.32. The van der Waals surface area contributed by atoms with Gasteiger partial charge in [-0.25, -0.2) is 4.68 Å². The molecule has 22 heavy (non-hydrogen) atoms. The van der Waals surface area contributed by atoms with Crippen LogP contribution in [0.2, 0.25) is 5.02 Å². The van der Waals surface area contributed by atoms with E-state index in [0.29, 0.717) is 23.8 Å². The van der Waals surface area contributed by atoms with Crippen molar-refractivity contribution >= 4 is 17.5 Å². The maximum absolute atomic E-state index is 12.5. The van der Waals surface area contributed by atoms with Crippen LogP contribution in [0.3, 0.4) is 0 Å². The van der Waals surface area contributed by atoms with Crippen LogP contribution in [0, 0.1) is 17.2 Å². The van der Waals surface area contributed by atoms with E-state index < -0.39 is 0 Å². The molecule has 0 aliphatic carbocycles. The number of rotatable bonds is 5. The molecule has 1 aromatic heterocycles. The lowest BCUT2D eigenvalue weighted by atomic mass is 10.2. The van der Waals surface area contributed by atoms with Crippen molar-refractivity contribution in [3.63, 3.8) is 0 Å². The molecule has 114 valence electrons. The van der Waals surface area contributed by atoms with E-state index in [4.69, 9.17) is 16.9 Å². The summed E-state index contributed by atoms with van der Waals surface area (Å²) in [7, 11) is 0. The van der Waals surface area contributed by atoms with Gasteiger partial charge in [0, 0.05) is 19.3 Å². The Balaban J connectivity index is 2.22. The number of halogens is 1. The zero-order chi connectivity index (χ0) is 16.1. The maximum Gasteiger partial charge on any atom is 0.274 e. The van der Waals surface area contributed by atoms with Crippen molar-refractivity contribution in [2.75, 3.05) is 13.1 Å². The van der Waals surface area contributed by atoms with Crippen LogP contribution in [0.5, 0.6) is 0 Å². The monoisotopic (exact) mass is 316 g/mol. The molecule has 0 bridgehead atoms. The van der Waals surface area contributed by atoms with Crippen LogP contribution in [-0.2, 0) is 0 Å². The minimum atomic E-state index is -0.213. The van der Waals surface area contributed by atoms with Crippen LogP contribution in [0.25, 0.3) is 5.69 Å². The maximum atomic E-state index is 12.5. The van der Waals surface area contributed by atoms with Gasteiger partial charge in [-0.05, 0) is 32.0 Å². The van der Waals surface area contributed by atoms with E-state index in [9.17, 15) is 4.79 Å². The summed E-state index contributed by atoms with van der Waals surface area (Å²) in [6.07, 6.45) is 1.70. The van der Waals surface area contributed by atoms with E-state index in [1.165, 1.54) is 0 Å². The van der Waals surface area contributed by atoms with Crippen LogP contribution in [0.4, 0.5) is 0 Å². The summed E-state index contributed by atoms with van der Waals surface area (Å²) in [6, 6.07) is 11.1. The highest BCUT2D eigenvalue weighted by Gasteiger charge is 2.19. The van der Waals surface area contributed by atoms with Gasteiger partial charge in [-0.2, -0.15) is 10.4 Å². The van der Waals surface area contributed by atoms with E-state index in [1.807, 2.05) is 25.1 Å². The van der Waals surface area contributed by atoms with Crippen LogP contribution in [0.15, 0.2) is 36.5 Å². The van der Waals surface area contributed by atoms with E-state index in [2.05, 4.69) is 11.2 Å². The first-order valence-corrected chi connectivity index (χ1v) is 7.44. The first-order valence-electron chi connectivity index (χ1n) is 7.06. The number of carbonyl (C=O) groups is 1. The summed E-state index contributed by atoms with van der Waals surface area (Å²) in [6.45, 7) is 4.60. The normalized spacial score (nSPS) is 11.7. The topological polar surface area (TPSA) is 61.9 Å². The minimum absolute atomic E-state index is 0.185. The third-order valence-corrected chi connectivity index (χ3v) is 3.61. The fraction of sp³-hybridized carbons (Fsp3) is 0.312. The van der Waals surface area contributed by atoms with Crippen molar-refractivity contribution in [2.45, 2.75) is 13.8 Å². The first kappa shape index (κ1) is 16.1. The van der Waals surface area contributed by atoms with E-state index in [1.54, 1.807) is 34.8 Å². The number of aromatic nitrogens is 2.